The second-order valence-electron chi connectivity index (χ2n) is 7.01. The molecule has 3 aromatic carbocycles. The highest BCUT2D eigenvalue weighted by Gasteiger charge is 2.45. The zero-order valence-corrected chi connectivity index (χ0v) is 17.1. The van der Waals surface area contributed by atoms with Crippen LogP contribution in [0.4, 0.5) is 5.69 Å². The summed E-state index contributed by atoms with van der Waals surface area (Å²) in [7, 11) is 0. The summed E-state index contributed by atoms with van der Waals surface area (Å²) in [5.41, 5.74) is 5.25. The molecule has 5 rings (SSSR count). The van der Waals surface area contributed by atoms with Crippen molar-refractivity contribution in [3.63, 3.8) is 0 Å². The molecule has 2 heterocycles. The molecule has 1 N–H and O–H groups in total. The number of benzene rings is 3. The van der Waals surface area contributed by atoms with Crippen LogP contribution in [0.2, 0.25) is 0 Å². The highest BCUT2D eigenvalue weighted by molar-refractivity contribution is 8.03. The predicted octanol–water partition coefficient (Wildman–Crippen LogP) is 5.30. The van der Waals surface area contributed by atoms with Gasteiger partial charge in [-0.05, 0) is 52.0 Å². The van der Waals surface area contributed by atoms with Crippen LogP contribution in [-0.2, 0) is 4.79 Å². The van der Waals surface area contributed by atoms with Gasteiger partial charge in [-0.15, -0.1) is 11.8 Å². The second kappa shape index (κ2) is 7.50. The highest BCUT2D eigenvalue weighted by atomic mass is 32.2. The van der Waals surface area contributed by atoms with Gasteiger partial charge in [-0.3, -0.25) is 9.69 Å². The maximum atomic E-state index is 13.4. The third kappa shape index (κ3) is 3.26. The van der Waals surface area contributed by atoms with Crippen LogP contribution in [0.1, 0.15) is 5.56 Å². The van der Waals surface area contributed by atoms with Gasteiger partial charge in [-0.1, -0.05) is 72.8 Å². The van der Waals surface area contributed by atoms with Gasteiger partial charge in [0.05, 0.1) is 17.0 Å². The van der Waals surface area contributed by atoms with Crippen molar-refractivity contribution in [2.45, 2.75) is 5.37 Å². The summed E-state index contributed by atoms with van der Waals surface area (Å²) in [6.07, 6.45) is 0. The molecule has 0 saturated carbocycles. The van der Waals surface area contributed by atoms with E-state index in [9.17, 15) is 4.79 Å². The van der Waals surface area contributed by atoms with Crippen molar-refractivity contribution in [1.82, 2.24) is 5.32 Å². The Hall–Kier alpha value is -2.89. The Morgan fingerprint density at radius 2 is 1.38 bits per heavy atom. The van der Waals surface area contributed by atoms with Crippen LogP contribution in [-0.4, -0.2) is 16.4 Å². The topological polar surface area (TPSA) is 32.3 Å². The number of para-hydroxylation sites is 1. The van der Waals surface area contributed by atoms with E-state index in [1.165, 1.54) is 5.56 Å². The van der Waals surface area contributed by atoms with E-state index >= 15 is 0 Å². The van der Waals surface area contributed by atoms with Crippen LogP contribution < -0.4 is 10.2 Å². The molecule has 5 heteroatoms. The van der Waals surface area contributed by atoms with Gasteiger partial charge < -0.3 is 5.32 Å². The third-order valence-electron chi connectivity index (χ3n) is 5.27. The second-order valence-corrected chi connectivity index (χ2v) is 8.41. The van der Waals surface area contributed by atoms with E-state index in [1.807, 2.05) is 48.5 Å². The van der Waals surface area contributed by atoms with Crippen molar-refractivity contribution in [2.75, 3.05) is 4.90 Å². The minimum Gasteiger partial charge on any atom is -0.349 e. The van der Waals surface area contributed by atoms with Gasteiger partial charge in [-0.2, -0.15) is 0 Å². The fraction of sp³-hybridized carbons (Fsp3) is 0.0833. The monoisotopic (exact) mass is 414 g/mol. The van der Waals surface area contributed by atoms with Crippen molar-refractivity contribution >= 4 is 46.3 Å². The zero-order valence-electron chi connectivity index (χ0n) is 15.5. The van der Waals surface area contributed by atoms with Gasteiger partial charge >= 0.3 is 0 Å². The standard InChI is InChI=1S/C24H18N2OS2/c27-23-21-20(18-13-11-17(12-14-18)16-7-3-1-4-8-16)15-29-22(21)25-24(28)26(23)19-9-5-2-6-10-19/h1-15,21-22H,(H,25,28). The molecule has 2 atom stereocenters. The number of fused-ring (bicyclic) bond motifs is 1. The van der Waals surface area contributed by atoms with Crippen LogP contribution in [0.15, 0.2) is 90.3 Å². The van der Waals surface area contributed by atoms with E-state index in [0.717, 1.165) is 22.4 Å². The summed E-state index contributed by atoms with van der Waals surface area (Å²) in [4.78, 5) is 15.1. The Kier molecular flexibility index (Phi) is 4.70. The van der Waals surface area contributed by atoms with Crippen LogP contribution in [0, 0.1) is 5.92 Å². The molecule has 1 amide bonds. The first-order valence-electron chi connectivity index (χ1n) is 9.43. The van der Waals surface area contributed by atoms with Gasteiger partial charge in [-0.25, -0.2) is 0 Å². The molecule has 2 unspecified atom stereocenters. The summed E-state index contributed by atoms with van der Waals surface area (Å²) in [6.45, 7) is 0. The van der Waals surface area contributed by atoms with Gasteiger partial charge in [0.1, 0.15) is 0 Å². The Morgan fingerprint density at radius 1 is 0.793 bits per heavy atom. The largest absolute Gasteiger partial charge is 0.349 e. The van der Waals surface area contributed by atoms with Gasteiger partial charge in [0.15, 0.2) is 5.11 Å². The summed E-state index contributed by atoms with van der Waals surface area (Å²) < 4.78 is 0. The number of thioether (sulfide) groups is 1. The SMILES string of the molecule is O=C1C2C(c3ccc(-c4ccccc4)cc3)=CSC2NC(=S)N1c1ccccc1. The first-order valence-corrected chi connectivity index (χ1v) is 10.8. The average molecular weight is 415 g/mol. The van der Waals surface area contributed by atoms with E-state index in [0.29, 0.717) is 5.11 Å². The molecule has 0 aliphatic carbocycles. The van der Waals surface area contributed by atoms with Crippen LogP contribution in [0.25, 0.3) is 16.7 Å². The predicted molar refractivity (Wildman–Crippen MR) is 124 cm³/mol. The van der Waals surface area contributed by atoms with Crippen molar-refractivity contribution in [1.29, 1.82) is 0 Å². The number of hydrogen-bond acceptors (Lipinski definition) is 3. The van der Waals surface area contributed by atoms with Crippen molar-refractivity contribution in [2.24, 2.45) is 5.92 Å². The minimum absolute atomic E-state index is 0.0216. The van der Waals surface area contributed by atoms with Gasteiger partial charge in [0, 0.05) is 0 Å². The first kappa shape index (κ1) is 18.2. The van der Waals surface area contributed by atoms with E-state index in [2.05, 4.69) is 47.1 Å². The summed E-state index contributed by atoms with van der Waals surface area (Å²) >= 11 is 7.12. The number of carbonyl (C=O) groups is 1. The molecule has 2 aliphatic heterocycles. The van der Waals surface area contributed by atoms with E-state index in [4.69, 9.17) is 12.2 Å². The molecule has 1 saturated heterocycles. The molecule has 0 radical (unpaired) electrons. The summed E-state index contributed by atoms with van der Waals surface area (Å²) in [6, 6.07) is 28.3. The van der Waals surface area contributed by atoms with Crippen molar-refractivity contribution < 1.29 is 4.79 Å². The summed E-state index contributed by atoms with van der Waals surface area (Å²) in [5, 5.41) is 5.84. The normalized spacial score (nSPS) is 20.8. The smallest absolute Gasteiger partial charge is 0.243 e. The number of thiocarbonyl (C=S) groups is 1. The number of amides is 1. The van der Waals surface area contributed by atoms with Crippen LogP contribution in [0.3, 0.4) is 0 Å². The Morgan fingerprint density at radius 3 is 2.07 bits per heavy atom. The lowest BCUT2D eigenvalue weighted by Crippen LogP contribution is -2.58. The Labute approximate surface area is 179 Å². The van der Waals surface area contributed by atoms with Gasteiger partial charge in [0.2, 0.25) is 5.91 Å². The van der Waals surface area contributed by atoms with Crippen molar-refractivity contribution in [3.8, 4) is 11.1 Å². The zero-order chi connectivity index (χ0) is 19.8. The maximum Gasteiger partial charge on any atom is 0.243 e. The maximum absolute atomic E-state index is 13.4. The third-order valence-corrected chi connectivity index (χ3v) is 6.65. The average Bonchev–Trinajstić information content (AvgIpc) is 3.19. The van der Waals surface area contributed by atoms with E-state index in [1.54, 1.807) is 16.7 Å². The molecular weight excluding hydrogens is 396 g/mol. The molecule has 29 heavy (non-hydrogen) atoms. The summed E-state index contributed by atoms with van der Waals surface area (Å²) in [5.74, 6) is -0.247. The number of anilines is 1. The molecule has 3 aromatic rings. The highest BCUT2D eigenvalue weighted by Crippen LogP contribution is 2.44. The number of nitrogens with one attached hydrogen (secondary N) is 1. The molecule has 1 fully saturated rings. The molecule has 0 bridgehead atoms. The fourth-order valence-electron chi connectivity index (χ4n) is 3.82. The Balaban J connectivity index is 1.45. The first-order chi connectivity index (χ1) is 14.2. The van der Waals surface area contributed by atoms with E-state index < -0.39 is 0 Å². The fourth-order valence-corrected chi connectivity index (χ4v) is 5.39. The molecule has 142 valence electrons. The van der Waals surface area contributed by atoms with Crippen molar-refractivity contribution in [3.05, 3.63) is 95.9 Å². The van der Waals surface area contributed by atoms with Gasteiger partial charge in [0.25, 0.3) is 0 Å². The lowest BCUT2D eigenvalue weighted by atomic mass is 9.90. The number of nitrogens with zero attached hydrogens (tertiary/aromatic N) is 1. The Bertz CT molecular complexity index is 1090. The number of rotatable bonds is 3. The molecule has 2 aliphatic rings. The quantitative estimate of drug-likeness (QED) is 0.589. The lowest BCUT2D eigenvalue weighted by molar-refractivity contribution is -0.120. The van der Waals surface area contributed by atoms with Crippen LogP contribution in [0.5, 0.6) is 0 Å². The lowest BCUT2D eigenvalue weighted by Gasteiger charge is -2.36. The molecule has 0 spiro atoms. The molecule has 3 nitrogen and oxygen atoms in total. The van der Waals surface area contributed by atoms with E-state index in [-0.39, 0.29) is 17.2 Å². The van der Waals surface area contributed by atoms with Crippen LogP contribution >= 0.6 is 24.0 Å². The number of hydrogen-bond donors (Lipinski definition) is 1. The molecule has 0 aromatic heterocycles. The minimum atomic E-state index is -0.269. The molecular formula is C24H18N2OS2. The number of carbonyl (C=O) groups excluding carboxylic acids is 1.